The van der Waals surface area contributed by atoms with Gasteiger partial charge in [-0.25, -0.2) is 0 Å². The van der Waals surface area contributed by atoms with E-state index >= 15 is 0 Å². The third kappa shape index (κ3) is 4.29. The van der Waals surface area contributed by atoms with Gasteiger partial charge < -0.3 is 5.32 Å². The van der Waals surface area contributed by atoms with Crippen molar-refractivity contribution in [2.75, 3.05) is 5.32 Å². The molecule has 1 N–H and O–H groups in total. The van der Waals surface area contributed by atoms with Crippen LogP contribution in [0.4, 0.5) is 11.4 Å². The van der Waals surface area contributed by atoms with Gasteiger partial charge in [-0.3, -0.25) is 0 Å². The average molecular weight is 440 g/mol. The van der Waals surface area contributed by atoms with Gasteiger partial charge in [0, 0.05) is 11.4 Å². The summed E-state index contributed by atoms with van der Waals surface area (Å²) in [4.78, 5) is 0. The number of hydrogen-bond donors (Lipinski definition) is 1. The first kappa shape index (κ1) is 19.7. The number of halogens is 2. The molecule has 1 nitrogen and oxygen atoms in total. The largest absolute Gasteiger partial charge is 0.356 e. The van der Waals surface area contributed by atoms with Crippen molar-refractivity contribution >= 4 is 45.3 Å². The van der Waals surface area contributed by atoms with Crippen molar-refractivity contribution in [3.8, 4) is 22.3 Å². The van der Waals surface area contributed by atoms with Crippen LogP contribution in [0.2, 0.25) is 10.0 Å². The minimum absolute atomic E-state index is 0.563. The zero-order valence-electron chi connectivity index (χ0n) is 16.6. The van der Waals surface area contributed by atoms with Crippen LogP contribution in [-0.2, 0) is 0 Å². The highest BCUT2D eigenvalue weighted by molar-refractivity contribution is 6.42. The Labute approximate surface area is 191 Å². The minimum atomic E-state index is 0.563. The molecule has 0 atom stereocenters. The molecule has 0 aliphatic carbocycles. The second-order valence-electron chi connectivity index (χ2n) is 7.47. The maximum Gasteiger partial charge on any atom is 0.0598 e. The first-order valence-electron chi connectivity index (χ1n) is 10.1. The van der Waals surface area contributed by atoms with Gasteiger partial charge in [0.2, 0.25) is 0 Å². The summed E-state index contributed by atoms with van der Waals surface area (Å²) >= 11 is 12.2. The van der Waals surface area contributed by atoms with Crippen molar-refractivity contribution in [1.82, 2.24) is 0 Å². The van der Waals surface area contributed by atoms with E-state index in [1.54, 1.807) is 0 Å². The number of hydrogen-bond acceptors (Lipinski definition) is 1. The van der Waals surface area contributed by atoms with Crippen LogP contribution >= 0.6 is 23.2 Å². The van der Waals surface area contributed by atoms with Crippen LogP contribution in [0.1, 0.15) is 0 Å². The standard InChI is InChI=1S/C28H19Cl2N/c29-27-16-11-24(18-28(27)30)21-9-14-26(15-10-21)31-25-12-7-20(8-13-25)23-6-5-19-3-1-2-4-22(19)17-23/h1-18,31H. The number of benzene rings is 5. The predicted molar refractivity (Wildman–Crippen MR) is 135 cm³/mol. The molecule has 0 amide bonds. The number of nitrogens with one attached hydrogen (secondary N) is 1. The van der Waals surface area contributed by atoms with Crippen LogP contribution in [0.3, 0.4) is 0 Å². The molecular formula is C28H19Cl2N. The smallest absolute Gasteiger partial charge is 0.0598 e. The van der Waals surface area contributed by atoms with E-state index in [2.05, 4.69) is 96.3 Å². The van der Waals surface area contributed by atoms with Crippen LogP contribution in [0.15, 0.2) is 109 Å². The maximum absolute atomic E-state index is 6.14. The van der Waals surface area contributed by atoms with Crippen LogP contribution in [-0.4, -0.2) is 0 Å². The van der Waals surface area contributed by atoms with Crippen molar-refractivity contribution in [3.05, 3.63) is 119 Å². The van der Waals surface area contributed by atoms with Crippen molar-refractivity contribution < 1.29 is 0 Å². The Balaban J connectivity index is 1.32. The third-order valence-corrected chi connectivity index (χ3v) is 6.13. The molecule has 5 aromatic carbocycles. The molecule has 150 valence electrons. The summed E-state index contributed by atoms with van der Waals surface area (Å²) < 4.78 is 0. The van der Waals surface area contributed by atoms with E-state index in [-0.39, 0.29) is 0 Å². The van der Waals surface area contributed by atoms with Gasteiger partial charge in [0.15, 0.2) is 0 Å². The first-order chi connectivity index (χ1) is 15.2. The Morgan fingerprint density at radius 1 is 0.419 bits per heavy atom. The Kier molecular flexibility index (Phi) is 5.38. The van der Waals surface area contributed by atoms with Gasteiger partial charge in [-0.1, -0.05) is 89.9 Å². The molecule has 0 heterocycles. The normalized spacial score (nSPS) is 10.9. The molecule has 31 heavy (non-hydrogen) atoms. The fraction of sp³-hybridized carbons (Fsp3) is 0. The summed E-state index contributed by atoms with van der Waals surface area (Å²) in [5.41, 5.74) is 6.63. The summed E-state index contributed by atoms with van der Waals surface area (Å²) in [5.74, 6) is 0. The average Bonchev–Trinajstić information content (AvgIpc) is 2.82. The number of fused-ring (bicyclic) bond motifs is 1. The van der Waals surface area contributed by atoms with Gasteiger partial charge in [-0.15, -0.1) is 0 Å². The fourth-order valence-corrected chi connectivity index (χ4v) is 4.00. The third-order valence-electron chi connectivity index (χ3n) is 5.39. The molecule has 0 radical (unpaired) electrons. The summed E-state index contributed by atoms with van der Waals surface area (Å²) in [5, 5.41) is 7.10. The number of anilines is 2. The molecule has 0 fully saturated rings. The molecule has 0 saturated carbocycles. The highest BCUT2D eigenvalue weighted by atomic mass is 35.5. The SMILES string of the molecule is Clc1ccc(-c2ccc(Nc3ccc(-c4ccc5ccccc5c4)cc3)cc2)cc1Cl. The van der Waals surface area contributed by atoms with Gasteiger partial charge in [0.1, 0.15) is 0 Å². The highest BCUT2D eigenvalue weighted by Gasteiger charge is 2.04. The molecule has 0 aromatic heterocycles. The molecule has 0 aliphatic heterocycles. The van der Waals surface area contributed by atoms with E-state index in [4.69, 9.17) is 23.2 Å². The van der Waals surface area contributed by atoms with E-state index in [9.17, 15) is 0 Å². The lowest BCUT2D eigenvalue weighted by Gasteiger charge is -2.10. The van der Waals surface area contributed by atoms with Gasteiger partial charge in [0.25, 0.3) is 0 Å². The second kappa shape index (κ2) is 8.47. The molecule has 5 aromatic rings. The van der Waals surface area contributed by atoms with Crippen molar-refractivity contribution in [3.63, 3.8) is 0 Å². The van der Waals surface area contributed by atoms with Crippen molar-refractivity contribution in [2.45, 2.75) is 0 Å². The van der Waals surface area contributed by atoms with E-state index in [0.29, 0.717) is 10.0 Å². The van der Waals surface area contributed by atoms with Gasteiger partial charge >= 0.3 is 0 Å². The van der Waals surface area contributed by atoms with Gasteiger partial charge in [-0.2, -0.15) is 0 Å². The Morgan fingerprint density at radius 3 is 1.55 bits per heavy atom. The first-order valence-corrected chi connectivity index (χ1v) is 10.8. The molecule has 0 aliphatic rings. The van der Waals surface area contributed by atoms with Crippen molar-refractivity contribution in [1.29, 1.82) is 0 Å². The molecular weight excluding hydrogens is 421 g/mol. The summed E-state index contributed by atoms with van der Waals surface area (Å²) in [6, 6.07) is 37.5. The van der Waals surface area contributed by atoms with E-state index in [0.717, 1.165) is 22.5 Å². The Hall–Kier alpha value is -3.26. The second-order valence-corrected chi connectivity index (χ2v) is 8.28. The molecule has 3 heteroatoms. The van der Waals surface area contributed by atoms with Crippen LogP contribution in [0.25, 0.3) is 33.0 Å². The lowest BCUT2D eigenvalue weighted by atomic mass is 10.0. The quantitative estimate of drug-likeness (QED) is 0.294. The number of rotatable bonds is 4. The van der Waals surface area contributed by atoms with Crippen LogP contribution in [0.5, 0.6) is 0 Å². The van der Waals surface area contributed by atoms with Crippen LogP contribution in [0, 0.1) is 0 Å². The molecule has 0 saturated heterocycles. The summed E-state index contributed by atoms with van der Waals surface area (Å²) in [6.45, 7) is 0. The Bertz CT molecular complexity index is 1360. The van der Waals surface area contributed by atoms with Crippen LogP contribution < -0.4 is 5.32 Å². The summed E-state index contributed by atoms with van der Waals surface area (Å²) in [7, 11) is 0. The Morgan fingerprint density at radius 2 is 0.935 bits per heavy atom. The minimum Gasteiger partial charge on any atom is -0.356 e. The summed E-state index contributed by atoms with van der Waals surface area (Å²) in [6.07, 6.45) is 0. The van der Waals surface area contributed by atoms with E-state index < -0.39 is 0 Å². The van der Waals surface area contributed by atoms with E-state index in [1.807, 2.05) is 18.2 Å². The zero-order chi connectivity index (χ0) is 21.2. The van der Waals surface area contributed by atoms with Crippen molar-refractivity contribution in [2.24, 2.45) is 0 Å². The topological polar surface area (TPSA) is 12.0 Å². The highest BCUT2D eigenvalue weighted by Crippen LogP contribution is 2.30. The van der Waals surface area contributed by atoms with Gasteiger partial charge in [0.05, 0.1) is 10.0 Å². The lowest BCUT2D eigenvalue weighted by molar-refractivity contribution is 1.53. The maximum atomic E-state index is 6.14. The molecule has 0 unspecified atom stereocenters. The fourth-order valence-electron chi connectivity index (χ4n) is 3.70. The molecule has 5 rings (SSSR count). The monoisotopic (exact) mass is 439 g/mol. The zero-order valence-corrected chi connectivity index (χ0v) is 18.2. The van der Waals surface area contributed by atoms with E-state index in [1.165, 1.54) is 21.9 Å². The predicted octanol–water partition coefficient (Wildman–Crippen LogP) is 9.22. The molecule has 0 spiro atoms. The van der Waals surface area contributed by atoms with Gasteiger partial charge in [-0.05, 0) is 75.5 Å². The molecule has 0 bridgehead atoms. The lowest BCUT2D eigenvalue weighted by Crippen LogP contribution is -1.90.